The Morgan fingerprint density at radius 2 is 1.96 bits per heavy atom. The van der Waals surface area contributed by atoms with Crippen LogP contribution >= 0.6 is 11.6 Å². The van der Waals surface area contributed by atoms with Crippen LogP contribution in [0.2, 0.25) is 5.02 Å². The standard InChI is InChI=1S/C19H15ClN6O/c20-13-2-4-14(5-3-13)25-11-16(21)26-18(19(25)27)15(9-23-26)12-1-6-17-22-7-8-24(17)10-12/h1-10,16H,11,21H2/t16-/m1/s1. The van der Waals surface area contributed by atoms with Gasteiger partial charge in [-0.05, 0) is 36.4 Å². The first-order chi connectivity index (χ1) is 13.1. The number of carbonyl (C=O) groups excluding carboxylic acids is 1. The Labute approximate surface area is 159 Å². The summed E-state index contributed by atoms with van der Waals surface area (Å²) >= 11 is 5.97. The van der Waals surface area contributed by atoms with E-state index in [1.807, 2.05) is 41.1 Å². The van der Waals surface area contributed by atoms with E-state index in [0.29, 0.717) is 17.3 Å². The minimum Gasteiger partial charge on any atom is -0.308 e. The first-order valence-electron chi connectivity index (χ1n) is 8.45. The number of halogens is 1. The van der Waals surface area contributed by atoms with Gasteiger partial charge in [0.2, 0.25) is 0 Å². The molecule has 1 atom stereocenters. The van der Waals surface area contributed by atoms with Crippen LogP contribution in [-0.4, -0.2) is 31.6 Å². The molecule has 134 valence electrons. The molecule has 8 heteroatoms. The summed E-state index contributed by atoms with van der Waals surface area (Å²) < 4.78 is 3.51. The monoisotopic (exact) mass is 378 g/mol. The summed E-state index contributed by atoms with van der Waals surface area (Å²) in [5.41, 5.74) is 9.98. The van der Waals surface area contributed by atoms with Crippen molar-refractivity contribution >= 4 is 28.8 Å². The van der Waals surface area contributed by atoms with Crippen LogP contribution in [0.4, 0.5) is 5.69 Å². The molecule has 4 aromatic rings. The Morgan fingerprint density at radius 3 is 2.78 bits per heavy atom. The lowest BCUT2D eigenvalue weighted by Crippen LogP contribution is -2.46. The number of hydrogen-bond acceptors (Lipinski definition) is 4. The van der Waals surface area contributed by atoms with Crippen LogP contribution in [0.5, 0.6) is 0 Å². The van der Waals surface area contributed by atoms with Gasteiger partial charge in [0.1, 0.15) is 17.5 Å². The second kappa shape index (κ2) is 5.94. The summed E-state index contributed by atoms with van der Waals surface area (Å²) in [5.74, 6) is -0.141. The van der Waals surface area contributed by atoms with E-state index < -0.39 is 6.17 Å². The number of amides is 1. The lowest BCUT2D eigenvalue weighted by molar-refractivity contribution is 0.0952. The average molecular weight is 379 g/mol. The van der Waals surface area contributed by atoms with Crippen LogP contribution in [-0.2, 0) is 0 Å². The Morgan fingerprint density at radius 1 is 1.15 bits per heavy atom. The zero-order valence-corrected chi connectivity index (χ0v) is 14.9. The Balaban J connectivity index is 1.62. The van der Waals surface area contributed by atoms with E-state index in [1.165, 1.54) is 0 Å². The van der Waals surface area contributed by atoms with Gasteiger partial charge in [-0.2, -0.15) is 5.10 Å². The van der Waals surface area contributed by atoms with Crippen LogP contribution in [0.3, 0.4) is 0 Å². The molecule has 7 nitrogen and oxygen atoms in total. The molecule has 1 aromatic carbocycles. The van der Waals surface area contributed by atoms with Crippen LogP contribution < -0.4 is 10.6 Å². The number of anilines is 1. The molecule has 0 saturated carbocycles. The summed E-state index contributed by atoms with van der Waals surface area (Å²) in [6, 6.07) is 11.0. The van der Waals surface area contributed by atoms with E-state index in [9.17, 15) is 4.79 Å². The molecular formula is C19H15ClN6O. The molecule has 0 bridgehead atoms. The van der Waals surface area contributed by atoms with Crippen LogP contribution in [0.25, 0.3) is 16.8 Å². The minimum absolute atomic E-state index is 0.141. The van der Waals surface area contributed by atoms with Gasteiger partial charge in [-0.3, -0.25) is 4.79 Å². The third kappa shape index (κ3) is 2.51. The Kier molecular flexibility index (Phi) is 3.53. The first-order valence-corrected chi connectivity index (χ1v) is 8.83. The summed E-state index contributed by atoms with van der Waals surface area (Å²) in [5, 5.41) is 4.99. The molecule has 0 radical (unpaired) electrons. The molecule has 0 saturated heterocycles. The summed E-state index contributed by atoms with van der Waals surface area (Å²) in [6.07, 6.45) is 6.79. The fraction of sp³-hybridized carbons (Fsp3) is 0.105. The number of rotatable bonds is 2. The first kappa shape index (κ1) is 16.0. The van der Waals surface area contributed by atoms with Crippen LogP contribution in [0.15, 0.2) is 61.2 Å². The normalized spacial score (nSPS) is 16.7. The number of hydrogen-bond donors (Lipinski definition) is 1. The average Bonchev–Trinajstić information content (AvgIpc) is 3.32. The van der Waals surface area contributed by atoms with Crippen molar-refractivity contribution in [2.24, 2.45) is 5.73 Å². The van der Waals surface area contributed by atoms with E-state index in [4.69, 9.17) is 17.3 Å². The summed E-state index contributed by atoms with van der Waals surface area (Å²) in [6.45, 7) is 0.342. The van der Waals surface area contributed by atoms with Crippen LogP contribution in [0.1, 0.15) is 16.7 Å². The number of fused-ring (bicyclic) bond motifs is 2. The highest BCUT2D eigenvalue weighted by Gasteiger charge is 2.34. The number of nitrogens with zero attached hydrogens (tertiary/aromatic N) is 5. The fourth-order valence-electron chi connectivity index (χ4n) is 3.44. The molecule has 2 N–H and O–H groups in total. The Hall–Kier alpha value is -3.16. The van der Waals surface area contributed by atoms with E-state index in [1.54, 1.807) is 34.1 Å². The molecule has 0 spiro atoms. The maximum atomic E-state index is 13.3. The second-order valence-corrected chi connectivity index (χ2v) is 6.86. The van der Waals surface area contributed by atoms with Gasteiger partial charge in [0.25, 0.3) is 5.91 Å². The largest absolute Gasteiger partial charge is 0.308 e. The van der Waals surface area contributed by atoms with Crippen molar-refractivity contribution in [1.29, 1.82) is 0 Å². The van der Waals surface area contributed by atoms with Crippen molar-refractivity contribution < 1.29 is 4.79 Å². The number of pyridine rings is 1. The lowest BCUT2D eigenvalue weighted by Gasteiger charge is -2.32. The number of carbonyl (C=O) groups is 1. The predicted molar refractivity (Wildman–Crippen MR) is 103 cm³/mol. The molecule has 27 heavy (non-hydrogen) atoms. The van der Waals surface area contributed by atoms with E-state index in [2.05, 4.69) is 10.1 Å². The molecular weight excluding hydrogens is 364 g/mol. The molecule has 1 aliphatic heterocycles. The molecule has 0 unspecified atom stereocenters. The minimum atomic E-state index is -0.431. The SMILES string of the molecule is N[C@H]1CN(c2ccc(Cl)cc2)C(=O)c2c(-c3ccc4nccn4c3)cnn21. The van der Waals surface area contributed by atoms with E-state index >= 15 is 0 Å². The van der Waals surface area contributed by atoms with E-state index in [-0.39, 0.29) is 5.91 Å². The number of aromatic nitrogens is 4. The van der Waals surface area contributed by atoms with Crippen molar-refractivity contribution in [3.63, 3.8) is 0 Å². The van der Waals surface area contributed by atoms with Gasteiger partial charge in [-0.15, -0.1) is 0 Å². The van der Waals surface area contributed by atoms with Crippen molar-refractivity contribution in [3.05, 3.63) is 71.9 Å². The molecule has 0 fully saturated rings. The van der Waals surface area contributed by atoms with Crippen molar-refractivity contribution in [3.8, 4) is 11.1 Å². The zero-order valence-electron chi connectivity index (χ0n) is 14.2. The van der Waals surface area contributed by atoms with Gasteiger partial charge < -0.3 is 15.0 Å². The third-order valence-corrected chi connectivity index (χ3v) is 5.02. The Bertz CT molecular complexity index is 1160. The smallest absolute Gasteiger partial charge is 0.277 e. The molecule has 0 aliphatic carbocycles. The van der Waals surface area contributed by atoms with E-state index in [0.717, 1.165) is 22.5 Å². The topological polar surface area (TPSA) is 81.4 Å². The van der Waals surface area contributed by atoms with Gasteiger partial charge in [0.15, 0.2) is 0 Å². The molecule has 4 heterocycles. The van der Waals surface area contributed by atoms with Crippen molar-refractivity contribution in [2.75, 3.05) is 11.4 Å². The summed E-state index contributed by atoms with van der Waals surface area (Å²) in [4.78, 5) is 19.2. The lowest BCUT2D eigenvalue weighted by atomic mass is 10.1. The van der Waals surface area contributed by atoms with Crippen LogP contribution in [0, 0.1) is 0 Å². The quantitative estimate of drug-likeness (QED) is 0.581. The fourth-order valence-corrected chi connectivity index (χ4v) is 3.56. The van der Waals surface area contributed by atoms with Crippen molar-refractivity contribution in [2.45, 2.75) is 6.17 Å². The van der Waals surface area contributed by atoms with Crippen molar-refractivity contribution in [1.82, 2.24) is 19.2 Å². The highest BCUT2D eigenvalue weighted by atomic mass is 35.5. The van der Waals surface area contributed by atoms with Gasteiger partial charge in [-0.25, -0.2) is 9.67 Å². The summed E-state index contributed by atoms with van der Waals surface area (Å²) in [7, 11) is 0. The van der Waals surface area contributed by atoms with Gasteiger partial charge in [0, 0.05) is 40.4 Å². The van der Waals surface area contributed by atoms with Gasteiger partial charge in [0.05, 0.1) is 12.7 Å². The number of nitrogens with two attached hydrogens (primary N) is 1. The zero-order chi connectivity index (χ0) is 18.5. The number of benzene rings is 1. The predicted octanol–water partition coefficient (Wildman–Crippen LogP) is 2.97. The molecule has 1 aliphatic rings. The van der Waals surface area contributed by atoms with Gasteiger partial charge >= 0.3 is 0 Å². The molecule has 5 rings (SSSR count). The molecule has 1 amide bonds. The highest BCUT2D eigenvalue weighted by molar-refractivity contribution is 6.30. The maximum Gasteiger partial charge on any atom is 0.277 e. The molecule has 3 aromatic heterocycles. The second-order valence-electron chi connectivity index (χ2n) is 6.42. The maximum absolute atomic E-state index is 13.3. The number of imidazole rings is 1. The highest BCUT2D eigenvalue weighted by Crippen LogP contribution is 2.31. The van der Waals surface area contributed by atoms with Gasteiger partial charge in [-0.1, -0.05) is 11.6 Å². The third-order valence-electron chi connectivity index (χ3n) is 4.77.